The first-order valence-corrected chi connectivity index (χ1v) is 6.94. The molecule has 0 radical (unpaired) electrons. The molecule has 1 unspecified atom stereocenters. The van der Waals surface area contributed by atoms with Gasteiger partial charge in [-0.15, -0.1) is 0 Å². The maximum atomic E-state index is 5.39. The van der Waals surface area contributed by atoms with Gasteiger partial charge >= 0.3 is 0 Å². The molecule has 0 aliphatic rings. The molecular formula is C15H23N3O2. The number of aryl methyl sites for hydroxylation is 3. The molecule has 5 heteroatoms. The van der Waals surface area contributed by atoms with Gasteiger partial charge in [-0.25, -0.2) is 4.68 Å². The van der Waals surface area contributed by atoms with Gasteiger partial charge in [-0.1, -0.05) is 0 Å². The molecule has 1 N–H and O–H groups in total. The summed E-state index contributed by atoms with van der Waals surface area (Å²) in [6.07, 6.45) is 3.71. The van der Waals surface area contributed by atoms with Crippen LogP contribution in [0.3, 0.4) is 0 Å². The van der Waals surface area contributed by atoms with Crippen molar-refractivity contribution in [1.82, 2.24) is 15.1 Å². The number of methoxy groups -OCH3 is 1. The SMILES string of the molecule is COc1c(CNC(C)CCc2ccco2)c(C)nn1C. The van der Waals surface area contributed by atoms with Gasteiger partial charge in [0, 0.05) is 26.1 Å². The van der Waals surface area contributed by atoms with Crippen LogP contribution in [0, 0.1) is 6.92 Å². The van der Waals surface area contributed by atoms with Gasteiger partial charge in [0.2, 0.25) is 5.88 Å². The molecule has 0 bridgehead atoms. The van der Waals surface area contributed by atoms with E-state index in [2.05, 4.69) is 17.3 Å². The van der Waals surface area contributed by atoms with Crippen molar-refractivity contribution >= 4 is 0 Å². The van der Waals surface area contributed by atoms with Crippen molar-refractivity contribution in [2.45, 2.75) is 39.3 Å². The van der Waals surface area contributed by atoms with E-state index in [0.29, 0.717) is 6.04 Å². The van der Waals surface area contributed by atoms with E-state index in [1.165, 1.54) is 0 Å². The summed E-state index contributed by atoms with van der Waals surface area (Å²) in [5.41, 5.74) is 2.13. The number of nitrogens with one attached hydrogen (secondary N) is 1. The predicted molar refractivity (Wildman–Crippen MR) is 77.8 cm³/mol. The summed E-state index contributed by atoms with van der Waals surface area (Å²) in [5, 5.41) is 7.90. The van der Waals surface area contributed by atoms with Gasteiger partial charge in [-0.2, -0.15) is 5.10 Å². The summed E-state index contributed by atoms with van der Waals surface area (Å²) in [6.45, 7) is 4.95. The van der Waals surface area contributed by atoms with Crippen molar-refractivity contribution in [1.29, 1.82) is 0 Å². The standard InChI is InChI=1S/C15H23N3O2/c1-11(7-8-13-6-5-9-20-13)16-10-14-12(2)17-18(3)15(14)19-4/h5-6,9,11,16H,7-8,10H2,1-4H3. The van der Waals surface area contributed by atoms with Crippen molar-refractivity contribution in [3.8, 4) is 5.88 Å². The lowest BCUT2D eigenvalue weighted by atomic mass is 10.1. The summed E-state index contributed by atoms with van der Waals surface area (Å²) >= 11 is 0. The highest BCUT2D eigenvalue weighted by Gasteiger charge is 2.14. The van der Waals surface area contributed by atoms with E-state index in [0.717, 1.165) is 42.3 Å². The zero-order valence-electron chi connectivity index (χ0n) is 12.6. The molecular weight excluding hydrogens is 254 g/mol. The molecule has 0 fully saturated rings. The minimum absolute atomic E-state index is 0.407. The summed E-state index contributed by atoms with van der Waals surface area (Å²) in [7, 11) is 3.58. The van der Waals surface area contributed by atoms with Gasteiger partial charge in [0.15, 0.2) is 0 Å². The Balaban J connectivity index is 1.85. The maximum Gasteiger partial charge on any atom is 0.216 e. The van der Waals surface area contributed by atoms with E-state index in [1.807, 2.05) is 26.1 Å². The van der Waals surface area contributed by atoms with E-state index in [4.69, 9.17) is 9.15 Å². The van der Waals surface area contributed by atoms with Crippen LogP contribution < -0.4 is 10.1 Å². The molecule has 0 saturated heterocycles. The lowest BCUT2D eigenvalue weighted by molar-refractivity contribution is 0.366. The molecule has 0 saturated carbocycles. The average molecular weight is 277 g/mol. The minimum Gasteiger partial charge on any atom is -0.481 e. The van der Waals surface area contributed by atoms with Crippen LogP contribution in [0.15, 0.2) is 22.8 Å². The minimum atomic E-state index is 0.407. The highest BCUT2D eigenvalue weighted by Crippen LogP contribution is 2.20. The van der Waals surface area contributed by atoms with Crippen LogP contribution in [0.5, 0.6) is 5.88 Å². The highest BCUT2D eigenvalue weighted by molar-refractivity contribution is 5.30. The van der Waals surface area contributed by atoms with E-state index in [-0.39, 0.29) is 0 Å². The maximum absolute atomic E-state index is 5.39. The second-order valence-corrected chi connectivity index (χ2v) is 5.10. The molecule has 0 spiro atoms. The third-order valence-corrected chi connectivity index (χ3v) is 3.51. The second-order valence-electron chi connectivity index (χ2n) is 5.10. The zero-order chi connectivity index (χ0) is 14.5. The third kappa shape index (κ3) is 3.42. The van der Waals surface area contributed by atoms with Gasteiger partial charge in [-0.3, -0.25) is 0 Å². The lowest BCUT2D eigenvalue weighted by Gasteiger charge is -2.13. The van der Waals surface area contributed by atoms with Crippen LogP contribution in [0.25, 0.3) is 0 Å². The highest BCUT2D eigenvalue weighted by atomic mass is 16.5. The number of ether oxygens (including phenoxy) is 1. The molecule has 0 amide bonds. The summed E-state index contributed by atoms with van der Waals surface area (Å²) < 4.78 is 12.5. The molecule has 2 aromatic heterocycles. The van der Waals surface area contributed by atoms with E-state index < -0.39 is 0 Å². The Morgan fingerprint density at radius 1 is 1.50 bits per heavy atom. The fraction of sp³-hybridized carbons (Fsp3) is 0.533. The Morgan fingerprint density at radius 2 is 2.30 bits per heavy atom. The quantitative estimate of drug-likeness (QED) is 0.844. The largest absolute Gasteiger partial charge is 0.481 e. The van der Waals surface area contributed by atoms with Crippen LogP contribution >= 0.6 is 0 Å². The van der Waals surface area contributed by atoms with E-state index in [1.54, 1.807) is 18.1 Å². The van der Waals surface area contributed by atoms with Crippen LogP contribution in [-0.4, -0.2) is 22.9 Å². The Kier molecular flexibility index (Phi) is 4.84. The second kappa shape index (κ2) is 6.61. The normalized spacial score (nSPS) is 12.6. The molecule has 5 nitrogen and oxygen atoms in total. The summed E-state index contributed by atoms with van der Waals surface area (Å²) in [5.74, 6) is 1.86. The third-order valence-electron chi connectivity index (χ3n) is 3.51. The van der Waals surface area contributed by atoms with Gasteiger partial charge in [0.05, 0.1) is 24.6 Å². The first-order chi connectivity index (χ1) is 9.61. The number of hydrogen-bond donors (Lipinski definition) is 1. The van der Waals surface area contributed by atoms with Crippen LogP contribution in [0.1, 0.15) is 30.4 Å². The fourth-order valence-corrected chi connectivity index (χ4v) is 2.33. The lowest BCUT2D eigenvalue weighted by Crippen LogP contribution is -2.26. The van der Waals surface area contributed by atoms with Crippen LogP contribution in [0.4, 0.5) is 0 Å². The average Bonchev–Trinajstić information content (AvgIpc) is 3.02. The van der Waals surface area contributed by atoms with Crippen molar-refractivity contribution < 1.29 is 9.15 Å². The molecule has 0 aromatic carbocycles. The topological polar surface area (TPSA) is 52.2 Å². The van der Waals surface area contributed by atoms with Crippen molar-refractivity contribution in [2.24, 2.45) is 7.05 Å². The van der Waals surface area contributed by atoms with E-state index in [9.17, 15) is 0 Å². The summed E-state index contributed by atoms with van der Waals surface area (Å²) in [4.78, 5) is 0. The molecule has 2 rings (SSSR count). The number of furan rings is 1. The summed E-state index contributed by atoms with van der Waals surface area (Å²) in [6, 6.07) is 4.35. The first-order valence-electron chi connectivity index (χ1n) is 6.94. The molecule has 0 aliphatic carbocycles. The number of hydrogen-bond acceptors (Lipinski definition) is 4. The number of rotatable bonds is 7. The molecule has 1 atom stereocenters. The van der Waals surface area contributed by atoms with Crippen molar-refractivity contribution in [2.75, 3.05) is 7.11 Å². The molecule has 0 aliphatic heterocycles. The van der Waals surface area contributed by atoms with Crippen LogP contribution in [-0.2, 0) is 20.0 Å². The monoisotopic (exact) mass is 277 g/mol. The van der Waals surface area contributed by atoms with Gasteiger partial charge in [-0.05, 0) is 32.4 Å². The number of nitrogens with zero attached hydrogens (tertiary/aromatic N) is 2. The Morgan fingerprint density at radius 3 is 2.95 bits per heavy atom. The molecule has 2 heterocycles. The molecule has 20 heavy (non-hydrogen) atoms. The van der Waals surface area contributed by atoms with Crippen molar-refractivity contribution in [3.63, 3.8) is 0 Å². The van der Waals surface area contributed by atoms with Gasteiger partial charge in [0.1, 0.15) is 5.76 Å². The number of aromatic nitrogens is 2. The smallest absolute Gasteiger partial charge is 0.216 e. The van der Waals surface area contributed by atoms with Crippen LogP contribution in [0.2, 0.25) is 0 Å². The predicted octanol–water partition coefficient (Wildman–Crippen LogP) is 2.44. The fourth-order valence-electron chi connectivity index (χ4n) is 2.33. The Bertz CT molecular complexity index is 532. The Hall–Kier alpha value is -1.75. The zero-order valence-corrected chi connectivity index (χ0v) is 12.6. The Labute approximate surface area is 119 Å². The van der Waals surface area contributed by atoms with Crippen molar-refractivity contribution in [3.05, 3.63) is 35.4 Å². The van der Waals surface area contributed by atoms with Gasteiger partial charge in [0.25, 0.3) is 0 Å². The van der Waals surface area contributed by atoms with Gasteiger partial charge < -0.3 is 14.5 Å². The van der Waals surface area contributed by atoms with E-state index >= 15 is 0 Å². The first kappa shape index (κ1) is 14.7. The molecule has 110 valence electrons. The molecule has 2 aromatic rings.